The van der Waals surface area contributed by atoms with E-state index in [4.69, 9.17) is 52.1 Å². The highest BCUT2D eigenvalue weighted by molar-refractivity contribution is 5.91. The zero-order valence-electron chi connectivity index (χ0n) is 47.4. The number of amides is 1. The number of hydrogen-bond donors (Lipinski definition) is 4. The number of ketones is 1. The second-order valence-corrected chi connectivity index (χ2v) is 22.8. The van der Waals surface area contributed by atoms with Crippen molar-refractivity contribution in [3.8, 4) is 0 Å². The first-order valence-corrected chi connectivity index (χ1v) is 26.7. The highest BCUT2D eigenvalue weighted by Crippen LogP contribution is 2.40. The van der Waals surface area contributed by atoms with Crippen LogP contribution in [0.25, 0.3) is 0 Å². The fraction of sp³-hybridized carbons (Fsp3) is 0.906. The molecule has 0 aromatic carbocycles. The summed E-state index contributed by atoms with van der Waals surface area (Å²) in [7, 11) is 4.90. The summed E-state index contributed by atoms with van der Waals surface area (Å²) < 4.78 is 69.6. The highest BCUT2D eigenvalue weighted by Gasteiger charge is 2.53. The van der Waals surface area contributed by atoms with Crippen LogP contribution in [-0.4, -0.2) is 188 Å². The quantitative estimate of drug-likeness (QED) is 0.0707. The van der Waals surface area contributed by atoms with Crippen LogP contribution >= 0.6 is 0 Å². The molecule has 4 N–H and O–H groups in total. The predicted molar refractivity (Wildman–Crippen MR) is 270 cm³/mol. The lowest BCUT2D eigenvalue weighted by atomic mass is 9.74. The van der Waals surface area contributed by atoms with E-state index >= 15 is 9.59 Å². The van der Waals surface area contributed by atoms with E-state index in [0.29, 0.717) is 13.0 Å². The number of hydrogen-bond acceptors (Lipinski definition) is 20. The normalized spacial score (nSPS) is 41.5. The number of Topliss-reactive ketones (excluding diaryl/α,β-unsaturated/α-hetero) is 1. The van der Waals surface area contributed by atoms with Gasteiger partial charge in [0, 0.05) is 69.9 Å². The van der Waals surface area contributed by atoms with Crippen molar-refractivity contribution in [3.63, 3.8) is 0 Å². The maximum Gasteiger partial charge on any atom is 0.408 e. The third-order valence-corrected chi connectivity index (χ3v) is 15.2. The molecule has 4 fully saturated rings. The van der Waals surface area contributed by atoms with E-state index in [1.165, 1.54) is 21.1 Å². The summed E-state index contributed by atoms with van der Waals surface area (Å²) in [4.78, 5) is 60.7. The summed E-state index contributed by atoms with van der Waals surface area (Å²) in [5.74, 6) is -7.40. The zero-order valence-corrected chi connectivity index (χ0v) is 47.4. The molecule has 0 saturated carbocycles. The number of methoxy groups -OCH3 is 2. The molecule has 4 rings (SSSR count). The van der Waals surface area contributed by atoms with Crippen molar-refractivity contribution in [3.05, 3.63) is 0 Å². The van der Waals surface area contributed by atoms with E-state index in [1.54, 1.807) is 62.3 Å². The Morgan fingerprint density at radius 2 is 1.47 bits per heavy atom. The number of aliphatic hydroxyl groups is 2. The Balaban J connectivity index is 1.97. The SMILES string of the molecule is CO[C@@H]1[C@H](O)[C@@H](C)O[C@@H](OC[C@H](C)[C@H]2OC(=O)[C@H](C)[C@@H](O[C@H]3C[C@H](C)N(C)C[C@H](C)O3)[C@H](C)[C@@H](O[C@@H]3O[C@H](C)C/C(=N\O)[C@H]3O)[C@@H](C)C[C@](C)(OC(=O)NC(C)C)C(=O)[C@H](C)[C@H](OC(=O)CC(C)C)[C@H]2C)[C@@H]1OC. The van der Waals surface area contributed by atoms with Crippen molar-refractivity contribution < 1.29 is 86.7 Å². The Bertz CT molecular complexity index is 1840. The standard InChI is InChI=1S/C53H93N3O18/c1-25(2)19-38(57)70-44-33(11)43(28(6)24-66-51-47(65-18)46(64-17)40(58)36(14)69-51)72-49(61)35(13)45(71-39-20-29(7)56(16)23-31(9)67-39)32(10)42(73-50-41(59)37(55-63)21-30(8)68-50)27(5)22-53(15,48(60)34(44)12)74-52(62)54-26(3)4/h25-36,39-47,50-51,58-59,63H,19-24H2,1-18H3,(H,54,62)/b55-37+/t27-,28-,29-,30+,31-,32+,33-,34+,35+,36+,39-,40+,41+,42-,43+,44+,45-,46+,47+,50-,51+,53-/m0/s1. The van der Waals surface area contributed by atoms with Crippen LogP contribution in [0.4, 0.5) is 4.79 Å². The van der Waals surface area contributed by atoms with Crippen LogP contribution in [0.1, 0.15) is 130 Å². The summed E-state index contributed by atoms with van der Waals surface area (Å²) in [6.45, 7) is 27.1. The second kappa shape index (κ2) is 28.0. The Hall–Kier alpha value is -3.09. The van der Waals surface area contributed by atoms with Crippen LogP contribution in [0.2, 0.25) is 0 Å². The smallest absolute Gasteiger partial charge is 0.408 e. The van der Waals surface area contributed by atoms with E-state index in [9.17, 15) is 25.0 Å². The van der Waals surface area contributed by atoms with Crippen molar-refractivity contribution in [1.82, 2.24) is 10.2 Å². The van der Waals surface area contributed by atoms with Crippen molar-refractivity contribution in [1.29, 1.82) is 0 Å². The molecule has 22 atom stereocenters. The van der Waals surface area contributed by atoms with Crippen molar-refractivity contribution in [2.24, 2.45) is 46.6 Å². The number of cyclic esters (lactones) is 1. The molecule has 0 radical (unpaired) electrons. The van der Waals surface area contributed by atoms with Crippen molar-refractivity contribution >= 4 is 29.5 Å². The molecule has 74 heavy (non-hydrogen) atoms. The molecule has 21 heteroatoms. The lowest BCUT2D eigenvalue weighted by molar-refractivity contribution is -0.305. The molecular formula is C53H93N3O18. The van der Waals surface area contributed by atoms with Crippen LogP contribution in [0.15, 0.2) is 5.16 Å². The van der Waals surface area contributed by atoms with Gasteiger partial charge in [0.1, 0.15) is 36.6 Å². The number of esters is 2. The van der Waals surface area contributed by atoms with Crippen LogP contribution in [0, 0.1) is 41.4 Å². The van der Waals surface area contributed by atoms with Gasteiger partial charge in [-0.3, -0.25) is 14.4 Å². The molecule has 0 spiro atoms. The van der Waals surface area contributed by atoms with Crippen LogP contribution in [0.3, 0.4) is 0 Å². The minimum Gasteiger partial charge on any atom is -0.461 e. The Labute approximate surface area is 439 Å². The largest absolute Gasteiger partial charge is 0.461 e. The molecule has 21 nitrogen and oxygen atoms in total. The average molecular weight is 1060 g/mol. The van der Waals surface area contributed by atoms with Gasteiger partial charge in [-0.1, -0.05) is 53.6 Å². The number of aliphatic hydroxyl groups excluding tert-OH is 2. The second-order valence-electron chi connectivity index (χ2n) is 22.8. The van der Waals surface area contributed by atoms with Gasteiger partial charge in [-0.05, 0) is 80.7 Å². The molecule has 4 aliphatic heterocycles. The first-order chi connectivity index (χ1) is 34.6. The topological polar surface area (TPSA) is 258 Å². The number of rotatable bonds is 15. The van der Waals surface area contributed by atoms with Gasteiger partial charge in [-0.25, -0.2) is 4.79 Å². The minimum absolute atomic E-state index is 0.0102. The Morgan fingerprint density at radius 3 is 2.07 bits per heavy atom. The maximum absolute atomic E-state index is 15.6. The van der Waals surface area contributed by atoms with E-state index in [1.807, 2.05) is 34.7 Å². The zero-order chi connectivity index (χ0) is 55.7. The number of oxime groups is 1. The monoisotopic (exact) mass is 1060 g/mol. The van der Waals surface area contributed by atoms with Crippen LogP contribution in [0.5, 0.6) is 0 Å². The summed E-state index contributed by atoms with van der Waals surface area (Å²) in [6, 6.07) is -0.359. The number of likely N-dealkylation sites (N-methyl/N-ethyl adjacent to an activating group) is 1. The van der Waals surface area contributed by atoms with E-state index < -0.39 is 145 Å². The summed E-state index contributed by atoms with van der Waals surface area (Å²) in [5.41, 5.74) is -1.89. The lowest BCUT2D eigenvalue weighted by Crippen LogP contribution is -2.59. The number of ether oxygens (including phenoxy) is 11. The van der Waals surface area contributed by atoms with E-state index in [-0.39, 0.29) is 55.7 Å². The molecule has 428 valence electrons. The number of alkyl carbamates (subject to hydrolysis) is 1. The van der Waals surface area contributed by atoms with Gasteiger partial charge in [0.05, 0.1) is 54.7 Å². The van der Waals surface area contributed by atoms with Crippen LogP contribution in [-0.2, 0) is 66.5 Å². The first kappa shape index (κ1) is 63.4. The number of carbonyl (C=O) groups is 4. The van der Waals surface area contributed by atoms with Crippen molar-refractivity contribution in [2.75, 3.05) is 34.4 Å². The molecule has 4 heterocycles. The average Bonchev–Trinajstić information content (AvgIpc) is 3.43. The molecule has 0 unspecified atom stereocenters. The molecule has 4 saturated heterocycles. The van der Waals surface area contributed by atoms with Gasteiger partial charge in [0.25, 0.3) is 0 Å². The maximum atomic E-state index is 15.6. The highest BCUT2D eigenvalue weighted by atomic mass is 16.7. The fourth-order valence-corrected chi connectivity index (χ4v) is 11.1. The van der Waals surface area contributed by atoms with Crippen molar-refractivity contribution in [2.45, 2.75) is 233 Å². The summed E-state index contributed by atoms with van der Waals surface area (Å²) in [5, 5.41) is 38.4. The predicted octanol–water partition coefficient (Wildman–Crippen LogP) is 5.24. The number of nitrogens with one attached hydrogen (secondary N) is 1. The molecule has 1 amide bonds. The molecule has 0 aromatic rings. The molecule has 0 aromatic heterocycles. The Morgan fingerprint density at radius 1 is 0.824 bits per heavy atom. The molecule has 4 aliphatic rings. The van der Waals surface area contributed by atoms with Gasteiger partial charge >= 0.3 is 18.0 Å². The number of carbonyl (C=O) groups excluding carboxylic acids is 4. The van der Waals surface area contributed by atoms with Gasteiger partial charge < -0.3 is 77.7 Å². The van der Waals surface area contributed by atoms with E-state index in [2.05, 4.69) is 22.3 Å². The van der Waals surface area contributed by atoms with Crippen LogP contribution < -0.4 is 5.32 Å². The first-order valence-electron chi connectivity index (χ1n) is 26.7. The summed E-state index contributed by atoms with van der Waals surface area (Å²) in [6.07, 6.45) is -13.9. The minimum atomic E-state index is -1.93. The van der Waals surface area contributed by atoms with Gasteiger partial charge in [-0.15, -0.1) is 0 Å². The van der Waals surface area contributed by atoms with Gasteiger partial charge in [-0.2, -0.15) is 0 Å². The summed E-state index contributed by atoms with van der Waals surface area (Å²) >= 11 is 0. The molecule has 0 bridgehead atoms. The third kappa shape index (κ3) is 16.2. The lowest BCUT2D eigenvalue weighted by Gasteiger charge is -2.45. The van der Waals surface area contributed by atoms with Gasteiger partial charge in [0.15, 0.2) is 30.3 Å². The molecule has 0 aliphatic carbocycles. The Kier molecular flexibility index (Phi) is 24.0. The fourth-order valence-electron chi connectivity index (χ4n) is 11.1. The third-order valence-electron chi connectivity index (χ3n) is 15.2. The van der Waals surface area contributed by atoms with Gasteiger partial charge in [0.2, 0.25) is 0 Å². The molecular weight excluding hydrogens is 967 g/mol. The number of nitrogens with zero attached hydrogens (tertiary/aromatic N) is 2. The van der Waals surface area contributed by atoms with E-state index in [0.717, 1.165) is 0 Å².